The van der Waals surface area contributed by atoms with E-state index in [2.05, 4.69) is 21.5 Å². The average Bonchev–Trinajstić information content (AvgIpc) is 3.09. The first-order valence-electron chi connectivity index (χ1n) is 10.2. The summed E-state index contributed by atoms with van der Waals surface area (Å²) in [6.45, 7) is 4.21. The largest absolute Gasteiger partial charge is 0.478 e. The van der Waals surface area contributed by atoms with Crippen molar-refractivity contribution >= 4 is 28.7 Å². The number of hydrogen-bond donors (Lipinski definition) is 3. The Labute approximate surface area is 188 Å². The quantitative estimate of drug-likeness (QED) is 0.270. The first kappa shape index (κ1) is 23.7. The van der Waals surface area contributed by atoms with E-state index in [0.717, 1.165) is 11.1 Å². The summed E-state index contributed by atoms with van der Waals surface area (Å²) in [6, 6.07) is 7.47. The number of carbonyl (C=O) groups is 2. The van der Waals surface area contributed by atoms with Crippen LogP contribution in [-0.2, 0) is 27.3 Å². The summed E-state index contributed by atoms with van der Waals surface area (Å²) in [7, 11) is 1.55. The van der Waals surface area contributed by atoms with Gasteiger partial charge in [0.1, 0.15) is 17.9 Å². The molecule has 0 spiro atoms. The predicted molar refractivity (Wildman–Crippen MR) is 120 cm³/mol. The third-order valence-corrected chi connectivity index (χ3v) is 4.92. The van der Waals surface area contributed by atoms with E-state index in [1.165, 1.54) is 4.57 Å². The average molecular weight is 455 g/mol. The van der Waals surface area contributed by atoms with Gasteiger partial charge >= 0.3 is 17.7 Å². The fourth-order valence-corrected chi connectivity index (χ4v) is 3.14. The number of nitrogen functional groups attached to an aromatic ring is 1. The zero-order valence-corrected chi connectivity index (χ0v) is 18.2. The topological polar surface area (TPSA) is 162 Å². The van der Waals surface area contributed by atoms with Crippen LogP contribution in [0.25, 0.3) is 11.2 Å². The molecule has 174 valence electrons. The van der Waals surface area contributed by atoms with E-state index in [0.29, 0.717) is 24.2 Å². The van der Waals surface area contributed by atoms with Crippen molar-refractivity contribution < 1.29 is 24.2 Å². The van der Waals surface area contributed by atoms with Gasteiger partial charge in [0.2, 0.25) is 0 Å². The van der Waals surface area contributed by atoms with Crippen molar-refractivity contribution in [1.82, 2.24) is 19.5 Å². The van der Waals surface area contributed by atoms with Crippen LogP contribution in [0.5, 0.6) is 6.01 Å². The number of H-pyrrole nitrogens is 1. The maximum atomic E-state index is 12.5. The van der Waals surface area contributed by atoms with E-state index in [1.807, 2.05) is 24.3 Å². The van der Waals surface area contributed by atoms with Crippen molar-refractivity contribution in [3.8, 4) is 6.01 Å². The Bertz CT molecular complexity index is 1230. The minimum Gasteiger partial charge on any atom is -0.478 e. The number of ether oxygens (including phenoxy) is 2. The molecule has 0 atom stereocenters. The van der Waals surface area contributed by atoms with Gasteiger partial charge < -0.3 is 25.3 Å². The lowest BCUT2D eigenvalue weighted by atomic mass is 10.0. The van der Waals surface area contributed by atoms with Crippen molar-refractivity contribution in [2.24, 2.45) is 0 Å². The lowest BCUT2D eigenvalue weighted by Crippen LogP contribution is -2.18. The third-order valence-electron chi connectivity index (χ3n) is 4.92. The molecule has 11 heteroatoms. The molecule has 0 amide bonds. The van der Waals surface area contributed by atoms with Crippen molar-refractivity contribution in [1.29, 1.82) is 0 Å². The minimum atomic E-state index is -1.17. The summed E-state index contributed by atoms with van der Waals surface area (Å²) >= 11 is 0. The molecule has 0 aliphatic carbocycles. The number of aromatic amines is 1. The van der Waals surface area contributed by atoms with Crippen LogP contribution < -0.4 is 16.2 Å². The highest BCUT2D eigenvalue weighted by Gasteiger charge is 2.15. The molecule has 33 heavy (non-hydrogen) atoms. The number of rotatable bonds is 12. The van der Waals surface area contributed by atoms with Crippen molar-refractivity contribution in [2.45, 2.75) is 25.8 Å². The third kappa shape index (κ3) is 6.04. The molecule has 0 bridgehead atoms. The van der Waals surface area contributed by atoms with Crippen molar-refractivity contribution in [2.75, 3.05) is 26.1 Å². The number of hydrogen-bond acceptors (Lipinski definition) is 8. The Hall–Kier alpha value is -3.99. The molecule has 4 N–H and O–H groups in total. The van der Waals surface area contributed by atoms with Crippen LogP contribution in [0.15, 0.2) is 41.2 Å². The second kappa shape index (κ2) is 10.6. The van der Waals surface area contributed by atoms with Gasteiger partial charge in [-0.15, -0.1) is 0 Å². The fraction of sp³-hybridized carbons (Fsp3) is 0.318. The van der Waals surface area contributed by atoms with Gasteiger partial charge in [-0.1, -0.05) is 30.8 Å². The summed E-state index contributed by atoms with van der Waals surface area (Å²) in [6.07, 6.45) is 0.527. The second-order valence-electron chi connectivity index (χ2n) is 7.39. The van der Waals surface area contributed by atoms with Crippen LogP contribution in [0.1, 0.15) is 24.0 Å². The normalized spacial score (nSPS) is 10.9. The number of nitrogens with one attached hydrogen (secondary N) is 1. The molecule has 0 saturated carbocycles. The molecule has 2 aromatic heterocycles. The number of fused-ring (bicyclic) bond motifs is 1. The van der Waals surface area contributed by atoms with Crippen LogP contribution in [0.4, 0.5) is 5.82 Å². The number of carboxylic acids is 1. The number of carbonyl (C=O) groups excluding carboxylic acids is 1. The summed E-state index contributed by atoms with van der Waals surface area (Å²) in [5, 5.41) is 8.81. The van der Waals surface area contributed by atoms with Gasteiger partial charge in [0.25, 0.3) is 0 Å². The highest BCUT2D eigenvalue weighted by molar-refractivity contribution is 5.94. The van der Waals surface area contributed by atoms with E-state index in [4.69, 9.17) is 20.3 Å². The zero-order chi connectivity index (χ0) is 24.0. The maximum absolute atomic E-state index is 12.5. The summed E-state index contributed by atoms with van der Waals surface area (Å²) in [5.41, 5.74) is 7.87. The Morgan fingerprint density at radius 1 is 1.18 bits per heavy atom. The number of methoxy groups -OCH3 is 1. The first-order chi connectivity index (χ1) is 15.8. The van der Waals surface area contributed by atoms with E-state index >= 15 is 0 Å². The lowest BCUT2D eigenvalue weighted by Gasteiger charge is -2.08. The Kier molecular flexibility index (Phi) is 7.57. The number of benzene rings is 1. The molecule has 0 fully saturated rings. The predicted octanol–water partition coefficient (Wildman–Crippen LogP) is 1.31. The standard InChI is InChI=1S/C22H25N5O6/c1-13(20(29)30)11-16(28)8-7-14-3-5-15(6-4-14)12-27-19-17(24-22(27)31)18(23)25-21(26-19)33-10-9-32-2/h3-6H,1,7-12H2,2H3,(H,24,31)(H,29,30)(H2,23,25,26). The molecule has 0 unspecified atom stereocenters. The number of ketones is 1. The van der Waals surface area contributed by atoms with Gasteiger partial charge in [0.15, 0.2) is 11.5 Å². The second-order valence-corrected chi connectivity index (χ2v) is 7.39. The Morgan fingerprint density at radius 2 is 1.88 bits per heavy atom. The van der Waals surface area contributed by atoms with E-state index in [1.54, 1.807) is 7.11 Å². The molecule has 0 aliphatic rings. The monoisotopic (exact) mass is 455 g/mol. The van der Waals surface area contributed by atoms with Crippen LogP contribution in [0, 0.1) is 0 Å². The molecule has 1 aromatic carbocycles. The fourth-order valence-electron chi connectivity index (χ4n) is 3.14. The summed E-state index contributed by atoms with van der Waals surface area (Å²) in [5.74, 6) is -1.24. The lowest BCUT2D eigenvalue weighted by molar-refractivity contribution is -0.133. The highest BCUT2D eigenvalue weighted by Crippen LogP contribution is 2.19. The number of aromatic nitrogens is 4. The Balaban J connectivity index is 1.70. The molecule has 3 rings (SSSR count). The molecule has 0 saturated heterocycles. The zero-order valence-electron chi connectivity index (χ0n) is 18.2. The van der Waals surface area contributed by atoms with Crippen LogP contribution in [0.3, 0.4) is 0 Å². The summed E-state index contributed by atoms with van der Waals surface area (Å²) in [4.78, 5) is 46.2. The number of nitrogens with zero attached hydrogens (tertiary/aromatic N) is 3. The number of Topliss-reactive ketones (excluding diaryl/α,β-unsaturated/α-hetero) is 1. The Morgan fingerprint density at radius 3 is 2.55 bits per heavy atom. The molecule has 3 aromatic rings. The smallest absolute Gasteiger partial charge is 0.331 e. The van der Waals surface area contributed by atoms with Crippen molar-refractivity contribution in [3.63, 3.8) is 0 Å². The van der Waals surface area contributed by atoms with Crippen molar-refractivity contribution in [3.05, 3.63) is 58.0 Å². The molecule has 0 aliphatic heterocycles. The number of aryl methyl sites for hydroxylation is 1. The van der Waals surface area contributed by atoms with Gasteiger partial charge in [0.05, 0.1) is 13.2 Å². The number of aliphatic carboxylic acids is 1. The maximum Gasteiger partial charge on any atom is 0.331 e. The van der Waals surface area contributed by atoms with Gasteiger partial charge in [-0.2, -0.15) is 9.97 Å². The molecular weight excluding hydrogens is 430 g/mol. The number of nitrogens with two attached hydrogens (primary N) is 1. The van der Waals surface area contributed by atoms with Crippen LogP contribution >= 0.6 is 0 Å². The van der Waals surface area contributed by atoms with Gasteiger partial charge in [0, 0.05) is 25.5 Å². The first-order valence-corrected chi connectivity index (χ1v) is 10.2. The van der Waals surface area contributed by atoms with E-state index < -0.39 is 5.97 Å². The highest BCUT2D eigenvalue weighted by atomic mass is 16.5. The van der Waals surface area contributed by atoms with Gasteiger partial charge in [-0.3, -0.25) is 9.36 Å². The molecule has 11 nitrogen and oxygen atoms in total. The van der Waals surface area contributed by atoms with Crippen LogP contribution in [0.2, 0.25) is 0 Å². The summed E-state index contributed by atoms with van der Waals surface area (Å²) < 4.78 is 11.8. The van der Waals surface area contributed by atoms with E-state index in [9.17, 15) is 14.4 Å². The van der Waals surface area contributed by atoms with Gasteiger partial charge in [-0.25, -0.2) is 9.59 Å². The van der Waals surface area contributed by atoms with Gasteiger partial charge in [-0.05, 0) is 17.5 Å². The van der Waals surface area contributed by atoms with Crippen LogP contribution in [-0.4, -0.2) is 56.7 Å². The minimum absolute atomic E-state index is 0.0513. The molecular formula is C22H25N5O6. The molecule has 0 radical (unpaired) electrons. The SMILES string of the molecule is C=C(CC(=O)CCc1ccc(Cn2c(=O)[nH]c3c(N)nc(OCCOC)nc32)cc1)C(=O)O. The molecule has 2 heterocycles. The number of carboxylic acid groups (broad SMARTS) is 1. The number of anilines is 1. The van der Waals surface area contributed by atoms with E-state index in [-0.39, 0.29) is 54.9 Å². The number of imidazole rings is 1.